The van der Waals surface area contributed by atoms with E-state index in [9.17, 15) is 13.2 Å². The number of carbonyl (C=O) groups excluding carboxylic acids is 1. The third kappa shape index (κ3) is 5.10. The molecule has 0 aromatic carbocycles. The van der Waals surface area contributed by atoms with Gasteiger partial charge in [-0.3, -0.25) is 4.79 Å². The number of hydrogen-bond acceptors (Lipinski definition) is 5. The molecule has 7 nitrogen and oxygen atoms in total. The van der Waals surface area contributed by atoms with E-state index >= 15 is 0 Å². The van der Waals surface area contributed by atoms with Crippen LogP contribution in [0.2, 0.25) is 0 Å². The maximum atomic E-state index is 12.2. The van der Waals surface area contributed by atoms with Crippen molar-refractivity contribution in [3.05, 3.63) is 11.5 Å². The lowest BCUT2D eigenvalue weighted by molar-refractivity contribution is -0.128. The first-order valence-electron chi connectivity index (χ1n) is 7.33. The highest BCUT2D eigenvalue weighted by atomic mass is 32.2. The molecule has 0 atom stereocenters. The molecule has 0 fully saturated rings. The van der Waals surface area contributed by atoms with Gasteiger partial charge in [-0.2, -0.15) is 0 Å². The van der Waals surface area contributed by atoms with E-state index in [4.69, 9.17) is 4.52 Å². The third-order valence-corrected chi connectivity index (χ3v) is 5.04. The summed E-state index contributed by atoms with van der Waals surface area (Å²) in [7, 11) is -3.68. The van der Waals surface area contributed by atoms with Crippen LogP contribution in [0.1, 0.15) is 38.6 Å². The summed E-state index contributed by atoms with van der Waals surface area (Å²) in [6.45, 7) is 9.91. The molecule has 1 N–H and O–H groups in total. The predicted octanol–water partition coefficient (Wildman–Crippen LogP) is 1.46. The second-order valence-electron chi connectivity index (χ2n) is 5.74. The van der Waals surface area contributed by atoms with Gasteiger partial charge in [0.15, 0.2) is 5.76 Å². The fourth-order valence-corrected chi connectivity index (χ4v) is 3.43. The van der Waals surface area contributed by atoms with Gasteiger partial charge in [0.25, 0.3) is 0 Å². The molecule has 0 aliphatic carbocycles. The summed E-state index contributed by atoms with van der Waals surface area (Å²) in [5, 5.41) is 3.64. The number of carbonyl (C=O) groups is 1. The normalized spacial score (nSPS) is 11.9. The van der Waals surface area contributed by atoms with E-state index in [1.54, 1.807) is 18.7 Å². The zero-order valence-electron chi connectivity index (χ0n) is 13.8. The summed E-state index contributed by atoms with van der Waals surface area (Å²) in [5.74, 6) is 0.686. The van der Waals surface area contributed by atoms with Crippen LogP contribution < -0.4 is 4.72 Å². The van der Waals surface area contributed by atoms with Crippen LogP contribution >= 0.6 is 0 Å². The first kappa shape index (κ1) is 18.6. The summed E-state index contributed by atoms with van der Waals surface area (Å²) < 4.78 is 31.8. The van der Waals surface area contributed by atoms with Crippen molar-refractivity contribution in [1.82, 2.24) is 14.8 Å². The Morgan fingerprint density at radius 2 is 1.95 bits per heavy atom. The summed E-state index contributed by atoms with van der Waals surface area (Å²) in [6.07, 6.45) is 0.885. The van der Waals surface area contributed by atoms with Crippen molar-refractivity contribution in [3.63, 3.8) is 0 Å². The lowest BCUT2D eigenvalue weighted by Gasteiger charge is -2.22. The van der Waals surface area contributed by atoms with E-state index in [2.05, 4.69) is 23.7 Å². The van der Waals surface area contributed by atoms with Crippen LogP contribution in [0.5, 0.6) is 0 Å². The van der Waals surface area contributed by atoms with Crippen molar-refractivity contribution >= 4 is 15.9 Å². The van der Waals surface area contributed by atoms with Crippen LogP contribution in [0.3, 0.4) is 0 Å². The largest absolute Gasteiger partial charge is 0.360 e. The van der Waals surface area contributed by atoms with Crippen LogP contribution in [0.15, 0.2) is 9.42 Å². The third-order valence-electron chi connectivity index (χ3n) is 3.33. The monoisotopic (exact) mass is 331 g/mol. The van der Waals surface area contributed by atoms with Gasteiger partial charge in [-0.25, -0.2) is 13.1 Å². The molecule has 1 aromatic rings. The first-order chi connectivity index (χ1) is 10.1. The van der Waals surface area contributed by atoms with Crippen LogP contribution in [0.25, 0.3) is 0 Å². The van der Waals surface area contributed by atoms with Gasteiger partial charge in [0.05, 0.1) is 0 Å². The van der Waals surface area contributed by atoms with E-state index < -0.39 is 10.0 Å². The van der Waals surface area contributed by atoms with Crippen molar-refractivity contribution in [2.75, 3.05) is 19.6 Å². The van der Waals surface area contributed by atoms with Gasteiger partial charge >= 0.3 is 0 Å². The van der Waals surface area contributed by atoms with E-state index in [1.807, 2.05) is 0 Å². The Morgan fingerprint density at radius 3 is 2.41 bits per heavy atom. The molecule has 0 bridgehead atoms. The van der Waals surface area contributed by atoms with Crippen molar-refractivity contribution in [1.29, 1.82) is 0 Å². The number of aryl methyl sites for hydroxylation is 2. The Balaban J connectivity index is 2.63. The van der Waals surface area contributed by atoms with Gasteiger partial charge in [-0.05, 0) is 26.2 Å². The predicted molar refractivity (Wildman–Crippen MR) is 82.9 cm³/mol. The minimum absolute atomic E-state index is 0.0582. The second-order valence-corrected chi connectivity index (χ2v) is 7.44. The molecule has 8 heteroatoms. The molecule has 1 amide bonds. The number of sulfonamides is 1. The van der Waals surface area contributed by atoms with Crippen molar-refractivity contribution in [3.8, 4) is 0 Å². The number of rotatable bonds is 8. The molecule has 0 radical (unpaired) electrons. The number of nitrogens with one attached hydrogen (secondary N) is 1. The standard InChI is InChI=1S/C14H25N3O4S/c1-10(2)6-8-17(13(5)18)9-7-15-22(19,20)14-11(3)16-21-12(14)4/h10,15H,6-9H2,1-5H3. The Kier molecular flexibility index (Phi) is 6.55. The minimum Gasteiger partial charge on any atom is -0.360 e. The molecule has 0 aliphatic heterocycles. The van der Waals surface area contributed by atoms with Gasteiger partial charge in [-0.1, -0.05) is 19.0 Å². The Bertz CT molecular complexity index is 588. The fraction of sp³-hybridized carbons (Fsp3) is 0.714. The van der Waals surface area contributed by atoms with E-state index in [1.165, 1.54) is 6.92 Å². The van der Waals surface area contributed by atoms with Gasteiger partial charge < -0.3 is 9.42 Å². The molecule has 22 heavy (non-hydrogen) atoms. The SMILES string of the molecule is CC(=O)N(CCNS(=O)(=O)c1c(C)noc1C)CCC(C)C. The fourth-order valence-electron chi connectivity index (χ4n) is 2.09. The van der Waals surface area contributed by atoms with Gasteiger partial charge in [0, 0.05) is 26.6 Å². The molecular formula is C14H25N3O4S. The number of aromatic nitrogens is 1. The van der Waals surface area contributed by atoms with Crippen molar-refractivity contribution in [2.24, 2.45) is 5.92 Å². The summed E-state index contributed by atoms with van der Waals surface area (Å²) in [6, 6.07) is 0. The number of hydrogen-bond donors (Lipinski definition) is 1. The van der Waals surface area contributed by atoms with Crippen LogP contribution in [-0.2, 0) is 14.8 Å². The Hall–Kier alpha value is -1.41. The number of nitrogens with zero attached hydrogens (tertiary/aromatic N) is 2. The molecule has 0 spiro atoms. The lowest BCUT2D eigenvalue weighted by atomic mass is 10.1. The van der Waals surface area contributed by atoms with Crippen molar-refractivity contribution in [2.45, 2.75) is 45.9 Å². The molecule has 126 valence electrons. The Labute approximate surface area is 132 Å². The second kappa shape index (κ2) is 7.73. The van der Waals surface area contributed by atoms with Crippen molar-refractivity contribution < 1.29 is 17.7 Å². The molecule has 0 saturated carbocycles. The first-order valence-corrected chi connectivity index (χ1v) is 8.81. The van der Waals surface area contributed by atoms with E-state index in [0.717, 1.165) is 6.42 Å². The highest BCUT2D eigenvalue weighted by Gasteiger charge is 2.24. The zero-order valence-corrected chi connectivity index (χ0v) is 14.7. The molecule has 1 aromatic heterocycles. The van der Waals surface area contributed by atoms with Gasteiger partial charge in [-0.15, -0.1) is 0 Å². The van der Waals surface area contributed by atoms with Gasteiger partial charge in [0.1, 0.15) is 10.6 Å². The highest BCUT2D eigenvalue weighted by Crippen LogP contribution is 2.18. The lowest BCUT2D eigenvalue weighted by Crippen LogP contribution is -2.38. The van der Waals surface area contributed by atoms with Crippen LogP contribution in [0.4, 0.5) is 0 Å². The molecule has 0 aliphatic rings. The van der Waals surface area contributed by atoms with Gasteiger partial charge in [0.2, 0.25) is 15.9 Å². The van der Waals surface area contributed by atoms with Crippen LogP contribution in [-0.4, -0.2) is 44.0 Å². The molecular weight excluding hydrogens is 306 g/mol. The maximum absolute atomic E-state index is 12.2. The molecule has 0 saturated heterocycles. The highest BCUT2D eigenvalue weighted by molar-refractivity contribution is 7.89. The van der Waals surface area contributed by atoms with E-state index in [-0.39, 0.29) is 23.1 Å². The summed E-state index contributed by atoms with van der Waals surface area (Å²) in [4.78, 5) is 13.3. The molecule has 1 heterocycles. The average molecular weight is 331 g/mol. The summed E-state index contributed by atoms with van der Waals surface area (Å²) in [5.41, 5.74) is 0.327. The average Bonchev–Trinajstić information content (AvgIpc) is 2.72. The topological polar surface area (TPSA) is 92.5 Å². The minimum atomic E-state index is -3.68. The molecule has 1 rings (SSSR count). The number of amides is 1. The van der Waals surface area contributed by atoms with E-state index in [0.29, 0.717) is 24.7 Å². The Morgan fingerprint density at radius 1 is 1.32 bits per heavy atom. The molecule has 0 unspecified atom stereocenters. The maximum Gasteiger partial charge on any atom is 0.246 e. The summed E-state index contributed by atoms with van der Waals surface area (Å²) >= 11 is 0. The smallest absolute Gasteiger partial charge is 0.246 e. The van der Waals surface area contributed by atoms with Crippen LogP contribution in [0, 0.1) is 19.8 Å². The quantitative estimate of drug-likeness (QED) is 0.778. The zero-order chi connectivity index (χ0) is 16.9.